The van der Waals surface area contributed by atoms with E-state index < -0.39 is 18.2 Å². The van der Waals surface area contributed by atoms with Crippen LogP contribution >= 0.6 is 11.6 Å². The molecule has 1 unspecified atom stereocenters. The predicted octanol–water partition coefficient (Wildman–Crippen LogP) is 2.77. The van der Waals surface area contributed by atoms with Crippen LogP contribution in [0.4, 0.5) is 13.2 Å². The lowest BCUT2D eigenvalue weighted by atomic mass is 10.0. The van der Waals surface area contributed by atoms with Gasteiger partial charge >= 0.3 is 6.18 Å². The number of ether oxygens (including phenoxy) is 1. The van der Waals surface area contributed by atoms with Crippen LogP contribution in [0.25, 0.3) is 0 Å². The minimum absolute atomic E-state index is 0.0950. The summed E-state index contributed by atoms with van der Waals surface area (Å²) in [5, 5.41) is 10.8. The number of para-hydroxylation sites is 1. The van der Waals surface area contributed by atoms with Gasteiger partial charge in [0.05, 0.1) is 0 Å². The van der Waals surface area contributed by atoms with Crippen LogP contribution in [0.2, 0.25) is 5.02 Å². The number of aliphatic carboxylic acids is 1. The Morgan fingerprint density at radius 2 is 1.92 bits per heavy atom. The Hall–Kier alpha value is -2.25. The number of rotatable bonds is 6. The summed E-state index contributed by atoms with van der Waals surface area (Å²) in [5.74, 6) is -0.967. The molecule has 0 amide bonds. The van der Waals surface area contributed by atoms with Crippen molar-refractivity contribution < 1.29 is 27.8 Å². The van der Waals surface area contributed by atoms with E-state index >= 15 is 0 Å². The fraction of sp³-hybridized carbons (Fsp3) is 0.235. The molecular weight excluding hydrogens is 359 g/mol. The third-order valence-electron chi connectivity index (χ3n) is 3.39. The molecule has 1 atom stereocenters. The summed E-state index contributed by atoms with van der Waals surface area (Å²) >= 11 is 5.86. The molecule has 0 aromatic heterocycles. The van der Waals surface area contributed by atoms with E-state index in [2.05, 4.69) is 0 Å². The lowest BCUT2D eigenvalue weighted by molar-refractivity contribution is -0.304. The minimum Gasteiger partial charge on any atom is -0.550 e. The van der Waals surface area contributed by atoms with Gasteiger partial charge in [-0.1, -0.05) is 35.9 Å². The second-order valence-electron chi connectivity index (χ2n) is 5.36. The van der Waals surface area contributed by atoms with Gasteiger partial charge in [-0.2, -0.15) is 13.2 Å². The lowest BCUT2D eigenvalue weighted by Crippen LogP contribution is -2.28. The zero-order valence-corrected chi connectivity index (χ0v) is 13.6. The van der Waals surface area contributed by atoms with Gasteiger partial charge in [-0.25, -0.2) is 0 Å². The number of carboxylic acids is 1. The van der Waals surface area contributed by atoms with Crippen molar-refractivity contribution in [2.75, 3.05) is 0 Å². The Morgan fingerprint density at radius 1 is 1.24 bits per heavy atom. The predicted molar refractivity (Wildman–Crippen MR) is 83.9 cm³/mol. The van der Waals surface area contributed by atoms with Crippen molar-refractivity contribution in [3.8, 4) is 5.75 Å². The van der Waals surface area contributed by atoms with Crippen molar-refractivity contribution in [1.82, 2.24) is 0 Å². The molecular formula is C17H14ClF3NO3-. The Balaban J connectivity index is 2.19. The van der Waals surface area contributed by atoms with Gasteiger partial charge in [-0.3, -0.25) is 0 Å². The Bertz CT molecular complexity index is 765. The summed E-state index contributed by atoms with van der Waals surface area (Å²) in [6.45, 7) is -0.0950. The summed E-state index contributed by atoms with van der Waals surface area (Å²) < 4.78 is 43.8. The molecule has 0 radical (unpaired) electrons. The van der Waals surface area contributed by atoms with Crippen LogP contribution in [0, 0.1) is 0 Å². The number of carbonyl (C=O) groups is 1. The van der Waals surface area contributed by atoms with Crippen molar-refractivity contribution in [1.29, 1.82) is 0 Å². The number of alkyl halides is 3. The quantitative estimate of drug-likeness (QED) is 0.846. The van der Waals surface area contributed by atoms with Gasteiger partial charge in [0.15, 0.2) is 0 Å². The van der Waals surface area contributed by atoms with Crippen molar-refractivity contribution in [3.63, 3.8) is 0 Å². The number of carboxylic acid groups (broad SMARTS) is 1. The molecule has 0 bridgehead atoms. The van der Waals surface area contributed by atoms with Gasteiger partial charge in [0, 0.05) is 17.4 Å². The first-order valence-electron chi connectivity index (χ1n) is 7.19. The van der Waals surface area contributed by atoms with Gasteiger partial charge in [0.25, 0.3) is 0 Å². The summed E-state index contributed by atoms with van der Waals surface area (Å²) in [6.07, 6.45) is -4.93. The first-order chi connectivity index (χ1) is 11.7. The highest BCUT2D eigenvalue weighted by molar-refractivity contribution is 6.30. The lowest BCUT2D eigenvalue weighted by Gasteiger charge is -2.18. The molecule has 2 N–H and O–H groups in total. The zero-order chi connectivity index (χ0) is 18.6. The standard InChI is InChI=1S/C17H15ClF3NO3/c18-13-6-10(5-12(7-13)16(22)17(19,20)21)9-25-14-4-2-1-3-11(14)8-15(23)24/h1-7,16H,8-9,22H2,(H,23,24)/p-1. The molecule has 8 heteroatoms. The Labute approximate surface area is 147 Å². The van der Waals surface area contributed by atoms with E-state index in [1.165, 1.54) is 12.1 Å². The molecule has 2 rings (SSSR count). The second kappa shape index (κ2) is 7.76. The molecule has 0 aliphatic rings. The van der Waals surface area contributed by atoms with Crippen molar-refractivity contribution in [2.45, 2.75) is 25.2 Å². The molecule has 4 nitrogen and oxygen atoms in total. The van der Waals surface area contributed by atoms with Gasteiger partial charge in [0.1, 0.15) is 18.4 Å². The van der Waals surface area contributed by atoms with Crippen LogP contribution in [0.15, 0.2) is 42.5 Å². The third-order valence-corrected chi connectivity index (χ3v) is 3.61. The van der Waals surface area contributed by atoms with E-state index in [1.54, 1.807) is 24.3 Å². The zero-order valence-electron chi connectivity index (χ0n) is 12.8. The van der Waals surface area contributed by atoms with Crippen LogP contribution in [-0.2, 0) is 17.8 Å². The number of hydrogen-bond acceptors (Lipinski definition) is 4. The molecule has 0 aliphatic carbocycles. The number of carbonyl (C=O) groups excluding carboxylic acids is 1. The Morgan fingerprint density at radius 3 is 2.56 bits per heavy atom. The SMILES string of the molecule is NC(c1cc(Cl)cc(COc2ccccc2CC(=O)[O-])c1)C(F)(F)F. The van der Waals surface area contributed by atoms with E-state index in [1.807, 2.05) is 0 Å². The maximum Gasteiger partial charge on any atom is 0.407 e. The highest BCUT2D eigenvalue weighted by Crippen LogP contribution is 2.32. The van der Waals surface area contributed by atoms with Crippen LogP contribution in [0.5, 0.6) is 5.75 Å². The monoisotopic (exact) mass is 372 g/mol. The maximum absolute atomic E-state index is 12.8. The van der Waals surface area contributed by atoms with Gasteiger partial charge < -0.3 is 20.4 Å². The van der Waals surface area contributed by atoms with Gasteiger partial charge in [-0.15, -0.1) is 0 Å². The molecule has 0 saturated heterocycles. The average Bonchev–Trinajstić information content (AvgIpc) is 2.51. The van der Waals surface area contributed by atoms with E-state index in [9.17, 15) is 23.1 Å². The Kier molecular flexibility index (Phi) is 5.92. The van der Waals surface area contributed by atoms with Crippen molar-refractivity contribution in [3.05, 3.63) is 64.2 Å². The average molecular weight is 373 g/mol. The van der Waals surface area contributed by atoms with Crippen LogP contribution < -0.4 is 15.6 Å². The fourth-order valence-electron chi connectivity index (χ4n) is 2.23. The molecule has 2 aromatic carbocycles. The molecule has 25 heavy (non-hydrogen) atoms. The highest BCUT2D eigenvalue weighted by atomic mass is 35.5. The number of nitrogens with two attached hydrogens (primary N) is 1. The minimum atomic E-state index is -4.59. The van der Waals surface area contributed by atoms with E-state index in [4.69, 9.17) is 22.1 Å². The molecule has 0 saturated carbocycles. The summed E-state index contributed by atoms with van der Waals surface area (Å²) in [7, 11) is 0. The number of halogens is 4. The van der Waals surface area contributed by atoms with Gasteiger partial charge in [0.2, 0.25) is 0 Å². The van der Waals surface area contributed by atoms with E-state index in [-0.39, 0.29) is 23.6 Å². The third kappa shape index (κ3) is 5.37. The first-order valence-corrected chi connectivity index (χ1v) is 7.57. The maximum atomic E-state index is 12.8. The van der Waals surface area contributed by atoms with Crippen molar-refractivity contribution >= 4 is 17.6 Å². The van der Waals surface area contributed by atoms with Crippen LogP contribution in [0.3, 0.4) is 0 Å². The molecule has 2 aromatic rings. The van der Waals surface area contributed by atoms with Crippen LogP contribution in [-0.4, -0.2) is 12.1 Å². The van der Waals surface area contributed by atoms with Crippen LogP contribution in [0.1, 0.15) is 22.7 Å². The molecule has 134 valence electrons. The van der Waals surface area contributed by atoms with E-state index in [0.29, 0.717) is 16.9 Å². The first kappa shape index (κ1) is 19.1. The summed E-state index contributed by atoms with van der Waals surface area (Å²) in [4.78, 5) is 10.7. The van der Waals surface area contributed by atoms with E-state index in [0.717, 1.165) is 6.07 Å². The smallest absolute Gasteiger partial charge is 0.407 e. The number of hydrogen-bond donors (Lipinski definition) is 1. The summed E-state index contributed by atoms with van der Waals surface area (Å²) in [5.41, 5.74) is 5.80. The topological polar surface area (TPSA) is 75.4 Å². The summed E-state index contributed by atoms with van der Waals surface area (Å²) in [6, 6.07) is 8.12. The molecule has 0 aliphatic heterocycles. The van der Waals surface area contributed by atoms with Gasteiger partial charge in [-0.05, 0) is 34.9 Å². The van der Waals surface area contributed by atoms with Crippen molar-refractivity contribution in [2.24, 2.45) is 5.73 Å². The molecule has 0 fully saturated rings. The fourth-order valence-corrected chi connectivity index (χ4v) is 2.50. The highest BCUT2D eigenvalue weighted by Gasteiger charge is 2.38. The largest absolute Gasteiger partial charge is 0.550 e. The second-order valence-corrected chi connectivity index (χ2v) is 5.79. The molecule has 0 spiro atoms. The molecule has 0 heterocycles. The normalized spacial score (nSPS) is 12.7. The number of benzene rings is 2.